The van der Waals surface area contributed by atoms with E-state index in [2.05, 4.69) is 10.6 Å². The van der Waals surface area contributed by atoms with Crippen LogP contribution >= 0.6 is 11.6 Å². The van der Waals surface area contributed by atoms with Gasteiger partial charge in [0.1, 0.15) is 0 Å². The fourth-order valence-corrected chi connectivity index (χ4v) is 2.28. The second kappa shape index (κ2) is 7.61. The molecule has 2 N–H and O–H groups in total. The van der Waals surface area contributed by atoms with Crippen molar-refractivity contribution in [1.29, 1.82) is 0 Å². The monoisotopic (exact) mass is 316 g/mol. The number of hydrogen-bond acceptors (Lipinski definition) is 2. The van der Waals surface area contributed by atoms with Crippen LogP contribution in [0.5, 0.6) is 0 Å². The summed E-state index contributed by atoms with van der Waals surface area (Å²) in [6, 6.07) is 14.5. The normalized spacial score (nSPS) is 10.1. The Morgan fingerprint density at radius 1 is 1.00 bits per heavy atom. The first kappa shape index (κ1) is 16.0. The summed E-state index contributed by atoms with van der Waals surface area (Å²) >= 11 is 6.07. The second-order valence-corrected chi connectivity index (χ2v) is 5.31. The SMILES string of the molecule is CC(=O)Nc1cccc(NC(=O)CCc2ccccc2Cl)c1. The van der Waals surface area contributed by atoms with Gasteiger partial charge in [0.2, 0.25) is 11.8 Å². The topological polar surface area (TPSA) is 58.2 Å². The van der Waals surface area contributed by atoms with E-state index in [1.165, 1.54) is 6.92 Å². The summed E-state index contributed by atoms with van der Waals surface area (Å²) < 4.78 is 0. The largest absolute Gasteiger partial charge is 0.326 e. The summed E-state index contributed by atoms with van der Waals surface area (Å²) in [5.74, 6) is -0.248. The van der Waals surface area contributed by atoms with Crippen molar-refractivity contribution in [2.75, 3.05) is 10.6 Å². The number of carbonyl (C=O) groups excluding carboxylic acids is 2. The van der Waals surface area contributed by atoms with Crippen molar-refractivity contribution in [1.82, 2.24) is 0 Å². The molecule has 2 aromatic carbocycles. The summed E-state index contributed by atoms with van der Waals surface area (Å²) in [5.41, 5.74) is 2.25. The van der Waals surface area contributed by atoms with E-state index in [4.69, 9.17) is 11.6 Å². The summed E-state index contributed by atoms with van der Waals surface area (Å²) in [7, 11) is 0. The van der Waals surface area contributed by atoms with Crippen LogP contribution in [0.4, 0.5) is 11.4 Å². The quantitative estimate of drug-likeness (QED) is 0.879. The smallest absolute Gasteiger partial charge is 0.224 e. The van der Waals surface area contributed by atoms with Gasteiger partial charge in [-0.3, -0.25) is 9.59 Å². The summed E-state index contributed by atoms with van der Waals surface area (Å²) in [5, 5.41) is 6.16. The Morgan fingerprint density at radius 3 is 2.36 bits per heavy atom. The lowest BCUT2D eigenvalue weighted by Gasteiger charge is -2.08. The molecule has 0 aliphatic carbocycles. The Labute approximate surface area is 134 Å². The van der Waals surface area contributed by atoms with E-state index in [0.717, 1.165) is 5.56 Å². The van der Waals surface area contributed by atoms with Crippen molar-refractivity contribution in [3.8, 4) is 0 Å². The average molecular weight is 317 g/mol. The fourth-order valence-electron chi connectivity index (χ4n) is 2.05. The van der Waals surface area contributed by atoms with E-state index >= 15 is 0 Å². The molecule has 0 saturated carbocycles. The minimum Gasteiger partial charge on any atom is -0.326 e. The molecule has 0 spiro atoms. The van der Waals surface area contributed by atoms with Gasteiger partial charge in [0.05, 0.1) is 0 Å². The molecule has 0 radical (unpaired) electrons. The Bertz CT molecular complexity index is 686. The maximum atomic E-state index is 12.0. The molecule has 0 aliphatic heterocycles. The van der Waals surface area contributed by atoms with Crippen LogP contribution in [0.2, 0.25) is 5.02 Å². The van der Waals surface area contributed by atoms with Gasteiger partial charge in [-0.05, 0) is 36.2 Å². The molecule has 0 heterocycles. The van der Waals surface area contributed by atoms with Gasteiger partial charge in [0.25, 0.3) is 0 Å². The number of nitrogens with one attached hydrogen (secondary N) is 2. The Morgan fingerprint density at radius 2 is 1.68 bits per heavy atom. The van der Waals surface area contributed by atoms with E-state index in [9.17, 15) is 9.59 Å². The number of aryl methyl sites for hydroxylation is 1. The minimum atomic E-state index is -0.151. The van der Waals surface area contributed by atoms with Crippen LogP contribution in [0, 0.1) is 0 Å². The zero-order valence-corrected chi connectivity index (χ0v) is 13.0. The van der Waals surface area contributed by atoms with E-state index in [1.54, 1.807) is 24.3 Å². The highest BCUT2D eigenvalue weighted by atomic mass is 35.5. The van der Waals surface area contributed by atoms with Gasteiger partial charge in [0.15, 0.2) is 0 Å². The van der Waals surface area contributed by atoms with Crippen molar-refractivity contribution in [3.05, 3.63) is 59.1 Å². The van der Waals surface area contributed by atoms with Crippen molar-refractivity contribution in [2.24, 2.45) is 0 Å². The maximum absolute atomic E-state index is 12.0. The molecule has 4 nitrogen and oxygen atoms in total. The third-order valence-electron chi connectivity index (χ3n) is 3.05. The molecular formula is C17H17ClN2O2. The third-order valence-corrected chi connectivity index (χ3v) is 3.41. The summed E-state index contributed by atoms with van der Waals surface area (Å²) in [4.78, 5) is 23.0. The first-order chi connectivity index (χ1) is 10.5. The summed E-state index contributed by atoms with van der Waals surface area (Å²) in [6.45, 7) is 1.44. The highest BCUT2D eigenvalue weighted by molar-refractivity contribution is 6.31. The van der Waals surface area contributed by atoms with Gasteiger partial charge in [-0.2, -0.15) is 0 Å². The first-order valence-corrected chi connectivity index (χ1v) is 7.33. The maximum Gasteiger partial charge on any atom is 0.224 e. The average Bonchev–Trinajstić information content (AvgIpc) is 2.46. The van der Waals surface area contributed by atoms with Crippen LogP contribution in [0.3, 0.4) is 0 Å². The molecule has 2 aromatic rings. The molecule has 2 rings (SSSR count). The van der Waals surface area contributed by atoms with Gasteiger partial charge in [-0.1, -0.05) is 35.9 Å². The molecule has 0 saturated heterocycles. The van der Waals surface area contributed by atoms with Gasteiger partial charge in [-0.25, -0.2) is 0 Å². The minimum absolute atomic E-state index is 0.0973. The number of carbonyl (C=O) groups is 2. The molecule has 0 unspecified atom stereocenters. The Balaban J connectivity index is 1.92. The number of halogens is 1. The van der Waals surface area contributed by atoms with Crippen LogP contribution in [0.1, 0.15) is 18.9 Å². The molecule has 114 valence electrons. The van der Waals surface area contributed by atoms with Crippen LogP contribution in [0.25, 0.3) is 0 Å². The highest BCUT2D eigenvalue weighted by Crippen LogP contribution is 2.18. The van der Waals surface area contributed by atoms with Crippen LogP contribution in [-0.4, -0.2) is 11.8 Å². The van der Waals surface area contributed by atoms with Crippen molar-refractivity contribution in [2.45, 2.75) is 19.8 Å². The number of anilines is 2. The number of rotatable bonds is 5. The Hall–Kier alpha value is -2.33. The van der Waals surface area contributed by atoms with Crippen LogP contribution in [-0.2, 0) is 16.0 Å². The van der Waals surface area contributed by atoms with Crippen molar-refractivity contribution in [3.63, 3.8) is 0 Å². The second-order valence-electron chi connectivity index (χ2n) is 4.90. The van der Waals surface area contributed by atoms with Crippen molar-refractivity contribution < 1.29 is 9.59 Å². The zero-order chi connectivity index (χ0) is 15.9. The van der Waals surface area contributed by atoms with E-state index < -0.39 is 0 Å². The number of hydrogen-bond donors (Lipinski definition) is 2. The van der Waals surface area contributed by atoms with Gasteiger partial charge in [0, 0.05) is 29.7 Å². The molecule has 0 aliphatic rings. The third kappa shape index (κ3) is 4.90. The predicted molar refractivity (Wildman–Crippen MR) is 89.1 cm³/mol. The summed E-state index contributed by atoms with van der Waals surface area (Å²) in [6.07, 6.45) is 0.922. The van der Waals surface area contributed by atoms with Gasteiger partial charge in [-0.15, -0.1) is 0 Å². The molecule has 2 amide bonds. The molecule has 0 bridgehead atoms. The van der Waals surface area contributed by atoms with Gasteiger partial charge < -0.3 is 10.6 Å². The van der Waals surface area contributed by atoms with E-state index in [-0.39, 0.29) is 11.8 Å². The number of amides is 2. The lowest BCUT2D eigenvalue weighted by molar-refractivity contribution is -0.116. The lowest BCUT2D eigenvalue weighted by atomic mass is 10.1. The van der Waals surface area contributed by atoms with Crippen molar-refractivity contribution >= 4 is 34.8 Å². The molecule has 0 fully saturated rings. The molecule has 0 aromatic heterocycles. The molecular weight excluding hydrogens is 300 g/mol. The zero-order valence-electron chi connectivity index (χ0n) is 12.2. The number of benzene rings is 2. The van der Waals surface area contributed by atoms with Gasteiger partial charge >= 0.3 is 0 Å². The predicted octanol–water partition coefficient (Wildman–Crippen LogP) is 3.87. The van der Waals surface area contributed by atoms with Crippen LogP contribution < -0.4 is 10.6 Å². The van der Waals surface area contributed by atoms with E-state index in [1.807, 2.05) is 24.3 Å². The first-order valence-electron chi connectivity index (χ1n) is 6.95. The standard InChI is InChI=1S/C17H17ClN2O2/c1-12(21)19-14-6-4-7-15(11-14)20-17(22)10-9-13-5-2-3-8-16(13)18/h2-8,11H,9-10H2,1H3,(H,19,21)(H,20,22). The Kier molecular flexibility index (Phi) is 5.55. The molecule has 0 atom stereocenters. The highest BCUT2D eigenvalue weighted by Gasteiger charge is 2.06. The molecule has 22 heavy (non-hydrogen) atoms. The van der Waals surface area contributed by atoms with E-state index in [0.29, 0.717) is 29.2 Å². The molecule has 5 heteroatoms. The fraction of sp³-hybridized carbons (Fsp3) is 0.176. The lowest BCUT2D eigenvalue weighted by Crippen LogP contribution is -2.13. The van der Waals surface area contributed by atoms with Crippen LogP contribution in [0.15, 0.2) is 48.5 Å².